The summed E-state index contributed by atoms with van der Waals surface area (Å²) < 4.78 is 7.86. The maximum atomic E-state index is 6.36. The van der Waals surface area contributed by atoms with Gasteiger partial charge in [0, 0.05) is 14.9 Å². The summed E-state index contributed by atoms with van der Waals surface area (Å²) in [5, 5.41) is 0. The Bertz CT molecular complexity index is 537. The highest BCUT2D eigenvalue weighted by atomic mass is 79.9. The third-order valence-corrected chi connectivity index (χ3v) is 6.03. The molecule has 1 heterocycles. The Morgan fingerprint density at radius 2 is 2.05 bits per heavy atom. The van der Waals surface area contributed by atoms with E-state index in [1.54, 1.807) is 11.3 Å². The highest BCUT2D eigenvalue weighted by Crippen LogP contribution is 2.38. The summed E-state index contributed by atoms with van der Waals surface area (Å²) in [6.07, 6.45) is 0.986. The lowest BCUT2D eigenvalue weighted by atomic mass is 10.1. The third-order valence-electron chi connectivity index (χ3n) is 2.69. The average molecular weight is 405 g/mol. The summed E-state index contributed by atoms with van der Waals surface area (Å²) in [7, 11) is 0. The maximum absolute atomic E-state index is 6.36. The van der Waals surface area contributed by atoms with Crippen molar-refractivity contribution in [3.63, 3.8) is 0 Å². The predicted molar refractivity (Wildman–Crippen MR) is 88.0 cm³/mol. The quantitative estimate of drug-likeness (QED) is 0.751. The van der Waals surface area contributed by atoms with Gasteiger partial charge in [-0.25, -0.2) is 0 Å². The number of nitrogens with two attached hydrogens (primary N) is 1. The Kier molecular flexibility index (Phi) is 5.45. The van der Waals surface area contributed by atoms with Crippen LogP contribution in [0.25, 0.3) is 0 Å². The molecule has 1 aromatic heterocycles. The van der Waals surface area contributed by atoms with Gasteiger partial charge < -0.3 is 10.5 Å². The minimum Gasteiger partial charge on any atom is -0.493 e. The summed E-state index contributed by atoms with van der Waals surface area (Å²) in [4.78, 5) is 1.10. The van der Waals surface area contributed by atoms with Gasteiger partial charge in [-0.2, -0.15) is 0 Å². The van der Waals surface area contributed by atoms with Gasteiger partial charge in [0.2, 0.25) is 0 Å². The number of para-hydroxylation sites is 1. The molecular formula is C14H15Br2NOS. The van der Waals surface area contributed by atoms with E-state index < -0.39 is 0 Å². The van der Waals surface area contributed by atoms with Gasteiger partial charge in [0.15, 0.2) is 0 Å². The van der Waals surface area contributed by atoms with Crippen molar-refractivity contribution in [3.8, 4) is 5.75 Å². The third kappa shape index (κ3) is 3.60. The lowest BCUT2D eigenvalue weighted by Crippen LogP contribution is -2.12. The number of rotatable bonds is 5. The lowest BCUT2D eigenvalue weighted by molar-refractivity contribution is 0.313. The fourth-order valence-corrected chi connectivity index (χ4v) is 3.86. The fraction of sp³-hybridized carbons (Fsp3) is 0.286. The van der Waals surface area contributed by atoms with Crippen LogP contribution in [-0.4, -0.2) is 6.61 Å². The van der Waals surface area contributed by atoms with Crippen LogP contribution in [-0.2, 0) is 0 Å². The number of hydrogen-bond acceptors (Lipinski definition) is 3. The van der Waals surface area contributed by atoms with Crippen molar-refractivity contribution in [2.45, 2.75) is 19.4 Å². The molecule has 0 aliphatic rings. The molecule has 0 bridgehead atoms. The normalized spacial score (nSPS) is 12.4. The summed E-state index contributed by atoms with van der Waals surface area (Å²) in [6, 6.07) is 9.85. The van der Waals surface area contributed by atoms with Crippen LogP contribution in [0, 0.1) is 0 Å². The minimum absolute atomic E-state index is 0.166. The van der Waals surface area contributed by atoms with E-state index in [0.29, 0.717) is 6.61 Å². The Balaban J connectivity index is 2.30. The molecule has 19 heavy (non-hydrogen) atoms. The second-order valence-corrected chi connectivity index (χ2v) is 7.39. The van der Waals surface area contributed by atoms with Crippen LogP contribution in [0.1, 0.15) is 29.8 Å². The molecule has 2 rings (SSSR count). The molecule has 0 saturated carbocycles. The molecule has 1 unspecified atom stereocenters. The Hall–Kier alpha value is -0.360. The van der Waals surface area contributed by atoms with Gasteiger partial charge in [-0.3, -0.25) is 0 Å². The molecule has 102 valence electrons. The first-order valence-electron chi connectivity index (χ1n) is 6.05. The van der Waals surface area contributed by atoms with Crippen LogP contribution < -0.4 is 10.5 Å². The average Bonchev–Trinajstić information content (AvgIpc) is 2.76. The zero-order valence-electron chi connectivity index (χ0n) is 10.5. The van der Waals surface area contributed by atoms with Crippen LogP contribution in [0.4, 0.5) is 0 Å². The van der Waals surface area contributed by atoms with Gasteiger partial charge in [-0.15, -0.1) is 11.3 Å². The van der Waals surface area contributed by atoms with E-state index in [9.17, 15) is 0 Å². The minimum atomic E-state index is -0.166. The van der Waals surface area contributed by atoms with Gasteiger partial charge in [0.1, 0.15) is 5.75 Å². The van der Waals surface area contributed by atoms with Gasteiger partial charge in [0.25, 0.3) is 0 Å². The molecule has 2 aromatic rings. The van der Waals surface area contributed by atoms with E-state index in [0.717, 1.165) is 30.9 Å². The van der Waals surface area contributed by atoms with Crippen LogP contribution in [0.2, 0.25) is 0 Å². The zero-order valence-corrected chi connectivity index (χ0v) is 14.5. The molecule has 0 spiro atoms. The van der Waals surface area contributed by atoms with Crippen molar-refractivity contribution in [2.24, 2.45) is 5.73 Å². The number of hydrogen-bond donors (Lipinski definition) is 1. The van der Waals surface area contributed by atoms with Crippen molar-refractivity contribution in [2.75, 3.05) is 6.61 Å². The van der Waals surface area contributed by atoms with E-state index in [1.165, 1.54) is 0 Å². The number of benzene rings is 1. The van der Waals surface area contributed by atoms with Crippen molar-refractivity contribution < 1.29 is 4.74 Å². The zero-order chi connectivity index (χ0) is 13.8. The van der Waals surface area contributed by atoms with Crippen LogP contribution in [0.15, 0.2) is 38.6 Å². The van der Waals surface area contributed by atoms with Gasteiger partial charge in [-0.1, -0.05) is 25.1 Å². The first kappa shape index (κ1) is 15.0. The molecule has 5 heteroatoms. The van der Waals surface area contributed by atoms with Gasteiger partial charge in [0.05, 0.1) is 16.4 Å². The van der Waals surface area contributed by atoms with Crippen molar-refractivity contribution in [3.05, 3.63) is 49.0 Å². The topological polar surface area (TPSA) is 35.2 Å². The SMILES string of the molecule is CCCOc1ccccc1C(N)c1cc(Br)c(Br)s1. The number of halogens is 2. The van der Waals surface area contributed by atoms with Crippen LogP contribution in [0.5, 0.6) is 5.75 Å². The maximum Gasteiger partial charge on any atom is 0.124 e. The molecule has 0 fully saturated rings. The predicted octanol–water partition coefficient (Wildman–Crippen LogP) is 5.11. The van der Waals surface area contributed by atoms with E-state index in [2.05, 4.69) is 44.8 Å². The van der Waals surface area contributed by atoms with E-state index >= 15 is 0 Å². The second kappa shape index (κ2) is 6.88. The van der Waals surface area contributed by atoms with E-state index in [1.807, 2.05) is 24.3 Å². The Morgan fingerprint density at radius 3 is 2.68 bits per heavy atom. The molecule has 2 N–H and O–H groups in total. The smallest absolute Gasteiger partial charge is 0.124 e. The monoisotopic (exact) mass is 403 g/mol. The first-order chi connectivity index (χ1) is 9.13. The van der Waals surface area contributed by atoms with Crippen molar-refractivity contribution in [1.82, 2.24) is 0 Å². The second-order valence-electron chi connectivity index (χ2n) is 4.13. The van der Waals surface area contributed by atoms with Crippen LogP contribution >= 0.6 is 43.2 Å². The van der Waals surface area contributed by atoms with Gasteiger partial charge in [-0.05, 0) is 50.4 Å². The summed E-state index contributed by atoms with van der Waals surface area (Å²) in [5.41, 5.74) is 7.39. The lowest BCUT2D eigenvalue weighted by Gasteiger charge is -2.15. The first-order valence-corrected chi connectivity index (χ1v) is 8.45. The van der Waals surface area contributed by atoms with Gasteiger partial charge >= 0.3 is 0 Å². The fourth-order valence-electron chi connectivity index (χ4n) is 1.75. The summed E-state index contributed by atoms with van der Waals surface area (Å²) in [6.45, 7) is 2.80. The Morgan fingerprint density at radius 1 is 1.32 bits per heavy atom. The van der Waals surface area contributed by atoms with E-state index in [-0.39, 0.29) is 6.04 Å². The molecule has 0 saturated heterocycles. The molecule has 1 atom stereocenters. The number of thiophene rings is 1. The van der Waals surface area contributed by atoms with Crippen LogP contribution in [0.3, 0.4) is 0 Å². The molecule has 0 aliphatic heterocycles. The molecule has 0 aliphatic carbocycles. The van der Waals surface area contributed by atoms with Crippen molar-refractivity contribution >= 4 is 43.2 Å². The number of ether oxygens (including phenoxy) is 1. The summed E-state index contributed by atoms with van der Waals surface area (Å²) >= 11 is 8.64. The highest BCUT2D eigenvalue weighted by Gasteiger charge is 2.17. The molecule has 0 radical (unpaired) electrons. The molecular weight excluding hydrogens is 390 g/mol. The summed E-state index contributed by atoms with van der Waals surface area (Å²) in [5.74, 6) is 0.873. The standard InChI is InChI=1S/C14H15Br2NOS/c1-2-7-18-11-6-4-3-5-9(11)13(17)12-8-10(15)14(16)19-12/h3-6,8,13H,2,7,17H2,1H3. The van der Waals surface area contributed by atoms with Crippen molar-refractivity contribution in [1.29, 1.82) is 0 Å². The van der Waals surface area contributed by atoms with E-state index in [4.69, 9.17) is 10.5 Å². The molecule has 1 aromatic carbocycles. The Labute approximate surface area is 134 Å². The highest BCUT2D eigenvalue weighted by molar-refractivity contribution is 9.13. The molecule has 0 amide bonds. The largest absolute Gasteiger partial charge is 0.493 e. The molecule has 2 nitrogen and oxygen atoms in total.